The van der Waals surface area contributed by atoms with Crippen molar-refractivity contribution in [1.29, 1.82) is 0 Å². The molecule has 2 rings (SSSR count). The predicted octanol–water partition coefficient (Wildman–Crippen LogP) is 2.82. The van der Waals surface area contributed by atoms with Crippen molar-refractivity contribution in [2.45, 2.75) is 12.8 Å². The van der Waals surface area contributed by atoms with Crippen molar-refractivity contribution in [2.75, 3.05) is 19.7 Å². The molecule has 0 amide bonds. The largest absolute Gasteiger partial charge is 0.479 e. The molecule has 1 fully saturated rings. The summed E-state index contributed by atoms with van der Waals surface area (Å²) in [6.07, 6.45) is 7.72. The summed E-state index contributed by atoms with van der Waals surface area (Å²) in [6.45, 7) is 1.50. The maximum absolute atomic E-state index is 13.9. The monoisotopic (exact) mass is 308 g/mol. The van der Waals surface area contributed by atoms with Gasteiger partial charge in [0.1, 0.15) is 18.0 Å². The molecular weight excluding hydrogens is 295 g/mol. The Morgan fingerprint density at radius 3 is 2.86 bits per heavy atom. The highest BCUT2D eigenvalue weighted by atomic mass is 35.5. The van der Waals surface area contributed by atoms with E-state index in [-0.39, 0.29) is 28.9 Å². The molecule has 0 aromatic heterocycles. The van der Waals surface area contributed by atoms with E-state index in [0.717, 1.165) is 32.0 Å². The number of halogens is 2. The molecule has 0 spiro atoms. The van der Waals surface area contributed by atoms with Crippen LogP contribution in [0.5, 0.6) is 5.75 Å². The number of aliphatic imine (C=N–C) groups is 1. The lowest BCUT2D eigenvalue weighted by molar-refractivity contribution is -0.103. The molecule has 1 aromatic carbocycles. The number of carbonyl (C=O) groups excluding carboxylic acids is 1. The van der Waals surface area contributed by atoms with Crippen LogP contribution in [0.1, 0.15) is 12.8 Å². The molecule has 1 aromatic rings. The summed E-state index contributed by atoms with van der Waals surface area (Å²) in [5, 5.41) is 0.107. The maximum atomic E-state index is 13.9. The van der Waals surface area contributed by atoms with Crippen LogP contribution in [0.15, 0.2) is 17.1 Å². The minimum absolute atomic E-state index is 0.000390. The summed E-state index contributed by atoms with van der Waals surface area (Å²) < 4.78 is 19.1. The van der Waals surface area contributed by atoms with Crippen molar-refractivity contribution in [3.63, 3.8) is 0 Å². The number of amidine groups is 1. The lowest BCUT2D eigenvalue weighted by Crippen LogP contribution is -2.28. The molecule has 21 heavy (non-hydrogen) atoms. The summed E-state index contributed by atoms with van der Waals surface area (Å²) in [6, 6.07) is 2.44. The number of aldehydes is 1. The van der Waals surface area contributed by atoms with Crippen LogP contribution < -0.4 is 4.74 Å². The maximum Gasteiger partial charge on any atom is 0.185 e. The molecule has 0 aliphatic carbocycles. The molecule has 1 aliphatic rings. The Kier molecular flexibility index (Phi) is 5.18. The molecule has 1 aliphatic heterocycles. The highest BCUT2D eigenvalue weighted by molar-refractivity contribution is 6.32. The van der Waals surface area contributed by atoms with E-state index in [1.807, 2.05) is 4.90 Å². The number of nitrogens with zero attached hydrogens (tertiary/aromatic N) is 2. The van der Waals surface area contributed by atoms with Crippen LogP contribution in [-0.4, -0.2) is 36.7 Å². The molecule has 1 heterocycles. The zero-order valence-corrected chi connectivity index (χ0v) is 12.1. The van der Waals surface area contributed by atoms with Crippen molar-refractivity contribution in [2.24, 2.45) is 4.99 Å². The molecule has 1 saturated heterocycles. The van der Waals surface area contributed by atoms with Gasteiger partial charge in [-0.3, -0.25) is 4.79 Å². The van der Waals surface area contributed by atoms with Gasteiger partial charge in [0.25, 0.3) is 0 Å². The molecule has 0 atom stereocenters. The molecule has 0 radical (unpaired) electrons. The van der Waals surface area contributed by atoms with Crippen molar-refractivity contribution in [3.05, 3.63) is 23.0 Å². The highest BCUT2D eigenvalue weighted by Crippen LogP contribution is 2.32. The number of benzene rings is 1. The standard InChI is InChI=1S/C15H14ClFN2O2/c1-2-7-21-14-9-13(12(17)8-11(14)16)18-15(10-20)19-5-3-4-6-19/h1,8-10H,3-7H2. The first-order chi connectivity index (χ1) is 10.2. The number of ether oxygens (including phenoxy) is 1. The molecule has 0 N–H and O–H groups in total. The van der Waals surface area contributed by atoms with Crippen LogP contribution in [-0.2, 0) is 4.79 Å². The van der Waals surface area contributed by atoms with E-state index in [1.54, 1.807) is 0 Å². The Labute approximate surface area is 127 Å². The first kappa shape index (κ1) is 15.3. The van der Waals surface area contributed by atoms with Crippen LogP contribution in [0.2, 0.25) is 5.02 Å². The molecular formula is C15H14ClFN2O2. The van der Waals surface area contributed by atoms with E-state index in [9.17, 15) is 9.18 Å². The van der Waals surface area contributed by atoms with E-state index in [1.165, 1.54) is 6.07 Å². The number of rotatable bonds is 4. The summed E-state index contributed by atoms with van der Waals surface area (Å²) >= 11 is 5.87. The lowest BCUT2D eigenvalue weighted by atomic mass is 10.3. The van der Waals surface area contributed by atoms with Crippen LogP contribution >= 0.6 is 11.6 Å². The van der Waals surface area contributed by atoms with Crippen molar-refractivity contribution in [1.82, 2.24) is 4.90 Å². The lowest BCUT2D eigenvalue weighted by Gasteiger charge is -2.15. The van der Waals surface area contributed by atoms with Crippen LogP contribution in [0.3, 0.4) is 0 Å². The van der Waals surface area contributed by atoms with E-state index in [2.05, 4.69) is 10.9 Å². The van der Waals surface area contributed by atoms with Gasteiger partial charge in [-0.05, 0) is 18.9 Å². The molecule has 0 bridgehead atoms. The molecule has 0 unspecified atom stereocenters. The van der Waals surface area contributed by atoms with Gasteiger partial charge >= 0.3 is 0 Å². The van der Waals surface area contributed by atoms with Gasteiger partial charge in [0.05, 0.1) is 5.02 Å². The van der Waals surface area contributed by atoms with E-state index < -0.39 is 5.82 Å². The summed E-state index contributed by atoms with van der Waals surface area (Å²) in [7, 11) is 0. The Bertz CT molecular complexity index is 604. The number of carbonyl (C=O) groups is 1. The van der Waals surface area contributed by atoms with Gasteiger partial charge in [0, 0.05) is 19.2 Å². The molecule has 4 nitrogen and oxygen atoms in total. The summed E-state index contributed by atoms with van der Waals surface area (Å²) in [5.41, 5.74) is 0.000390. The molecule has 6 heteroatoms. The first-order valence-electron chi connectivity index (χ1n) is 6.50. The number of likely N-dealkylation sites (tertiary alicyclic amines) is 1. The Morgan fingerprint density at radius 1 is 1.52 bits per heavy atom. The second-order valence-electron chi connectivity index (χ2n) is 4.51. The average molecular weight is 309 g/mol. The fraction of sp³-hybridized carbons (Fsp3) is 0.333. The van der Waals surface area contributed by atoms with Crippen molar-refractivity contribution < 1.29 is 13.9 Å². The normalized spacial score (nSPS) is 14.9. The van der Waals surface area contributed by atoms with Gasteiger partial charge in [-0.15, -0.1) is 6.42 Å². The van der Waals surface area contributed by atoms with Gasteiger partial charge in [0.2, 0.25) is 0 Å². The Morgan fingerprint density at radius 2 is 2.24 bits per heavy atom. The zero-order valence-electron chi connectivity index (χ0n) is 11.3. The van der Waals surface area contributed by atoms with Crippen molar-refractivity contribution >= 4 is 29.4 Å². The fourth-order valence-electron chi connectivity index (χ4n) is 2.08. The van der Waals surface area contributed by atoms with Gasteiger partial charge in [-0.25, -0.2) is 9.38 Å². The smallest absolute Gasteiger partial charge is 0.185 e. The molecule has 0 saturated carbocycles. The van der Waals surface area contributed by atoms with Crippen LogP contribution in [0.4, 0.5) is 10.1 Å². The van der Waals surface area contributed by atoms with Crippen LogP contribution in [0, 0.1) is 18.2 Å². The van der Waals surface area contributed by atoms with E-state index >= 15 is 0 Å². The summed E-state index contributed by atoms with van der Waals surface area (Å²) in [4.78, 5) is 17.1. The van der Waals surface area contributed by atoms with E-state index in [0.29, 0.717) is 6.29 Å². The topological polar surface area (TPSA) is 41.9 Å². The SMILES string of the molecule is C#CCOc1cc(N=C(C=O)N2CCCC2)c(F)cc1Cl. The second-order valence-corrected chi connectivity index (χ2v) is 4.92. The van der Waals surface area contributed by atoms with E-state index in [4.69, 9.17) is 22.8 Å². The highest BCUT2D eigenvalue weighted by Gasteiger charge is 2.17. The number of hydrogen-bond donors (Lipinski definition) is 0. The third kappa shape index (κ3) is 3.73. The van der Waals surface area contributed by atoms with Crippen LogP contribution in [0.25, 0.3) is 0 Å². The Hall–Kier alpha value is -2.06. The predicted molar refractivity (Wildman–Crippen MR) is 79.7 cm³/mol. The number of terminal acetylenes is 1. The second kappa shape index (κ2) is 7.09. The third-order valence-corrected chi connectivity index (χ3v) is 3.38. The van der Waals surface area contributed by atoms with Gasteiger partial charge in [-0.1, -0.05) is 17.5 Å². The number of hydrogen-bond acceptors (Lipinski definition) is 3. The zero-order chi connectivity index (χ0) is 15.2. The van der Waals surface area contributed by atoms with Gasteiger partial charge in [-0.2, -0.15) is 0 Å². The fourth-order valence-corrected chi connectivity index (χ4v) is 2.28. The first-order valence-corrected chi connectivity index (χ1v) is 6.87. The molecule has 110 valence electrons. The quantitative estimate of drug-likeness (QED) is 0.372. The third-order valence-electron chi connectivity index (χ3n) is 3.08. The van der Waals surface area contributed by atoms with Crippen molar-refractivity contribution in [3.8, 4) is 18.1 Å². The van der Waals surface area contributed by atoms with Gasteiger partial charge in [0.15, 0.2) is 17.9 Å². The van der Waals surface area contributed by atoms with Gasteiger partial charge < -0.3 is 9.64 Å². The average Bonchev–Trinajstić information content (AvgIpc) is 2.99. The Balaban J connectivity index is 2.33. The summed E-state index contributed by atoms with van der Waals surface area (Å²) in [5.74, 6) is 2.12. The minimum atomic E-state index is -0.619. The minimum Gasteiger partial charge on any atom is -0.479 e.